The van der Waals surface area contributed by atoms with Crippen LogP contribution in [0, 0.1) is 5.82 Å². The van der Waals surface area contributed by atoms with Crippen LogP contribution in [0.5, 0.6) is 0 Å². The van der Waals surface area contributed by atoms with Crippen molar-refractivity contribution in [2.45, 2.75) is 37.1 Å². The number of nitrogens with one attached hydrogen (secondary N) is 2. The van der Waals surface area contributed by atoms with Crippen LogP contribution in [-0.4, -0.2) is 48.6 Å². The van der Waals surface area contributed by atoms with Crippen LogP contribution in [-0.2, 0) is 24.7 Å². The highest BCUT2D eigenvalue weighted by atomic mass is 32.2. The maximum atomic E-state index is 13.7. The molecule has 31 heavy (non-hydrogen) atoms. The Morgan fingerprint density at radius 1 is 1.23 bits per heavy atom. The van der Waals surface area contributed by atoms with Crippen molar-refractivity contribution < 1.29 is 14.0 Å². The maximum Gasteiger partial charge on any atom is 0.254 e. The van der Waals surface area contributed by atoms with E-state index in [-0.39, 0.29) is 18.0 Å². The predicted molar refractivity (Wildman–Crippen MR) is 117 cm³/mol. The summed E-state index contributed by atoms with van der Waals surface area (Å²) in [6.07, 6.45) is 1.18. The number of rotatable bonds is 9. The third-order valence-corrected chi connectivity index (χ3v) is 6.45. The van der Waals surface area contributed by atoms with E-state index in [1.54, 1.807) is 24.6 Å². The van der Waals surface area contributed by atoms with E-state index >= 15 is 0 Å². The van der Waals surface area contributed by atoms with E-state index in [1.807, 2.05) is 6.92 Å². The van der Waals surface area contributed by atoms with Crippen molar-refractivity contribution in [1.82, 2.24) is 30.3 Å². The number of hydrogen-bond acceptors (Lipinski definition) is 8. The van der Waals surface area contributed by atoms with Crippen LogP contribution in [0.2, 0.25) is 0 Å². The molecule has 1 aromatic carbocycles. The standard InChI is InChI=1S/C19H22FN7O2S2/c1-4-15-24-25-18(31-15)22-16(28)11(2)30-19-26-23-14(27(19)3)9-10-21-17(29)12-7-5-6-8-13(12)20/h5-8,11H,4,9-10H2,1-3H3,(H,21,29)(H,22,25,28)/t11-/m1/s1. The molecule has 2 heterocycles. The largest absolute Gasteiger partial charge is 0.351 e. The quantitative estimate of drug-likeness (QED) is 0.469. The number of hydrogen-bond donors (Lipinski definition) is 2. The molecular weight excluding hydrogens is 441 g/mol. The van der Waals surface area contributed by atoms with Crippen molar-refractivity contribution >= 4 is 40.0 Å². The molecule has 0 aliphatic carbocycles. The van der Waals surface area contributed by atoms with Gasteiger partial charge in [-0.05, 0) is 25.5 Å². The molecule has 0 fully saturated rings. The lowest BCUT2D eigenvalue weighted by atomic mass is 10.2. The molecule has 0 spiro atoms. The van der Waals surface area contributed by atoms with Crippen LogP contribution in [0.25, 0.3) is 0 Å². The second-order valence-electron chi connectivity index (χ2n) is 6.55. The first-order valence-corrected chi connectivity index (χ1v) is 11.3. The zero-order valence-corrected chi connectivity index (χ0v) is 18.9. The monoisotopic (exact) mass is 463 g/mol. The van der Waals surface area contributed by atoms with Crippen molar-refractivity contribution in [1.29, 1.82) is 0 Å². The third kappa shape index (κ3) is 5.85. The highest BCUT2D eigenvalue weighted by molar-refractivity contribution is 8.00. The molecular formula is C19H22FN7O2S2. The van der Waals surface area contributed by atoms with Gasteiger partial charge in [-0.1, -0.05) is 42.2 Å². The van der Waals surface area contributed by atoms with E-state index in [2.05, 4.69) is 31.0 Å². The van der Waals surface area contributed by atoms with Gasteiger partial charge in [-0.15, -0.1) is 20.4 Å². The summed E-state index contributed by atoms with van der Waals surface area (Å²) >= 11 is 2.61. The van der Waals surface area contributed by atoms with Crippen molar-refractivity contribution in [2.75, 3.05) is 11.9 Å². The molecule has 0 saturated heterocycles. The van der Waals surface area contributed by atoms with E-state index in [0.717, 1.165) is 11.4 Å². The molecule has 0 aliphatic heterocycles. The summed E-state index contributed by atoms with van der Waals surface area (Å²) in [5.74, 6) is -0.613. The number of anilines is 1. The van der Waals surface area contributed by atoms with Crippen LogP contribution in [0.4, 0.5) is 9.52 Å². The average molecular weight is 464 g/mol. The van der Waals surface area contributed by atoms with Crippen molar-refractivity contribution in [2.24, 2.45) is 7.05 Å². The SMILES string of the molecule is CCc1nnc(NC(=O)[C@@H](C)Sc2nnc(CCNC(=O)c3ccccc3F)n2C)s1. The Bertz CT molecular complexity index is 1070. The fourth-order valence-electron chi connectivity index (χ4n) is 2.56. The summed E-state index contributed by atoms with van der Waals surface area (Å²) in [5, 5.41) is 23.1. The fourth-order valence-corrected chi connectivity index (χ4v) is 4.08. The topological polar surface area (TPSA) is 115 Å². The lowest BCUT2D eigenvalue weighted by Crippen LogP contribution is -2.27. The van der Waals surface area contributed by atoms with Crippen molar-refractivity contribution in [3.05, 3.63) is 46.5 Å². The van der Waals surface area contributed by atoms with Gasteiger partial charge in [0.1, 0.15) is 16.6 Å². The summed E-state index contributed by atoms with van der Waals surface area (Å²) < 4.78 is 15.4. The molecule has 3 rings (SSSR count). The van der Waals surface area contributed by atoms with Crippen LogP contribution in [0.3, 0.4) is 0 Å². The van der Waals surface area contributed by atoms with Gasteiger partial charge in [0.05, 0.1) is 10.8 Å². The third-order valence-electron chi connectivity index (χ3n) is 4.33. The van der Waals surface area contributed by atoms with Gasteiger partial charge in [0.15, 0.2) is 5.16 Å². The first-order valence-electron chi connectivity index (χ1n) is 9.60. The molecule has 9 nitrogen and oxygen atoms in total. The highest BCUT2D eigenvalue weighted by Crippen LogP contribution is 2.23. The Labute approximate surface area is 186 Å². The first-order chi connectivity index (χ1) is 14.9. The normalized spacial score (nSPS) is 11.9. The number of nitrogens with zero attached hydrogens (tertiary/aromatic N) is 5. The minimum absolute atomic E-state index is 0.00182. The Kier molecular flexibility index (Phi) is 7.69. The molecule has 12 heteroatoms. The van der Waals surface area contributed by atoms with Crippen molar-refractivity contribution in [3.8, 4) is 0 Å². The number of thioether (sulfide) groups is 1. The van der Waals surface area contributed by atoms with Gasteiger partial charge in [0.2, 0.25) is 11.0 Å². The molecule has 2 N–H and O–H groups in total. The maximum absolute atomic E-state index is 13.7. The van der Waals surface area contributed by atoms with Crippen LogP contribution in [0.1, 0.15) is 35.0 Å². The molecule has 0 aliphatic rings. The molecule has 1 atom stereocenters. The second-order valence-corrected chi connectivity index (χ2v) is 8.92. The number of carbonyl (C=O) groups is 2. The van der Waals surface area contributed by atoms with Gasteiger partial charge < -0.3 is 9.88 Å². The average Bonchev–Trinajstić information content (AvgIpc) is 3.35. The Hall–Kier alpha value is -2.86. The van der Waals surface area contributed by atoms with E-state index in [1.165, 1.54) is 41.3 Å². The Morgan fingerprint density at radius 3 is 2.71 bits per heavy atom. The van der Waals surface area contributed by atoms with Crippen LogP contribution >= 0.6 is 23.1 Å². The Morgan fingerprint density at radius 2 is 2.00 bits per heavy atom. The van der Waals surface area contributed by atoms with Gasteiger partial charge in [0, 0.05) is 20.0 Å². The fraction of sp³-hybridized carbons (Fsp3) is 0.368. The minimum Gasteiger partial charge on any atom is -0.351 e. The minimum atomic E-state index is -0.566. The summed E-state index contributed by atoms with van der Waals surface area (Å²) in [6.45, 7) is 4.02. The summed E-state index contributed by atoms with van der Waals surface area (Å²) in [7, 11) is 1.79. The van der Waals surface area contributed by atoms with Crippen molar-refractivity contribution in [3.63, 3.8) is 0 Å². The molecule has 0 saturated carbocycles. The van der Waals surface area contributed by atoms with E-state index in [4.69, 9.17) is 0 Å². The zero-order chi connectivity index (χ0) is 22.4. The van der Waals surface area contributed by atoms with Gasteiger partial charge in [0.25, 0.3) is 5.91 Å². The number of aryl methyl sites for hydroxylation is 1. The first kappa shape index (κ1) is 22.8. The number of amides is 2. The number of carbonyl (C=O) groups excluding carboxylic acids is 2. The van der Waals surface area contributed by atoms with Gasteiger partial charge in [-0.2, -0.15) is 0 Å². The lowest BCUT2D eigenvalue weighted by molar-refractivity contribution is -0.115. The molecule has 0 radical (unpaired) electrons. The van der Waals surface area contributed by atoms with E-state index in [9.17, 15) is 14.0 Å². The summed E-state index contributed by atoms with van der Waals surface area (Å²) in [6, 6.07) is 5.81. The van der Waals surface area contributed by atoms with Crippen LogP contribution < -0.4 is 10.6 Å². The second kappa shape index (κ2) is 10.4. The number of aromatic nitrogens is 5. The highest BCUT2D eigenvalue weighted by Gasteiger charge is 2.20. The van der Waals surface area contributed by atoms with E-state index in [0.29, 0.717) is 22.5 Å². The molecule has 3 aromatic rings. The molecule has 0 unspecified atom stereocenters. The summed E-state index contributed by atoms with van der Waals surface area (Å²) in [5.41, 5.74) is -0.00182. The van der Waals surface area contributed by atoms with Gasteiger partial charge in [-0.3, -0.25) is 14.9 Å². The summed E-state index contributed by atoms with van der Waals surface area (Å²) in [4.78, 5) is 24.5. The molecule has 2 amide bonds. The Balaban J connectivity index is 1.51. The molecule has 2 aromatic heterocycles. The van der Waals surface area contributed by atoms with E-state index < -0.39 is 17.0 Å². The molecule has 164 valence electrons. The predicted octanol–water partition coefficient (Wildman–Crippen LogP) is 2.46. The van der Waals surface area contributed by atoms with Crippen LogP contribution in [0.15, 0.2) is 29.4 Å². The molecule has 0 bridgehead atoms. The van der Waals surface area contributed by atoms with Gasteiger partial charge >= 0.3 is 0 Å². The zero-order valence-electron chi connectivity index (χ0n) is 17.3. The smallest absolute Gasteiger partial charge is 0.254 e. The number of halogens is 1. The van der Waals surface area contributed by atoms with Gasteiger partial charge in [-0.25, -0.2) is 4.39 Å². The number of benzene rings is 1. The lowest BCUT2D eigenvalue weighted by Gasteiger charge is -2.10.